The van der Waals surface area contributed by atoms with Crippen molar-refractivity contribution in [3.8, 4) is 0 Å². The monoisotopic (exact) mass is 281 g/mol. The Morgan fingerprint density at radius 1 is 1.47 bits per heavy atom. The van der Waals surface area contributed by atoms with Gasteiger partial charge in [0.2, 0.25) is 0 Å². The number of rotatable bonds is 4. The standard InChI is InChI=1S/C11H8ClN3O4/c12-10-5-8(15(17)18)1-2-9(10)11(16)13-6-7-3-4-19-14-7/h1-5H,6H2,(H,13,16). The minimum absolute atomic E-state index is 0.0202. The van der Waals surface area contributed by atoms with E-state index in [1.807, 2.05) is 0 Å². The summed E-state index contributed by atoms with van der Waals surface area (Å²) in [7, 11) is 0. The van der Waals surface area contributed by atoms with Gasteiger partial charge in [-0.2, -0.15) is 0 Å². The molecule has 2 rings (SSSR count). The summed E-state index contributed by atoms with van der Waals surface area (Å²) in [5.74, 6) is -0.442. The van der Waals surface area contributed by atoms with Gasteiger partial charge in [-0.1, -0.05) is 16.8 Å². The summed E-state index contributed by atoms with van der Waals surface area (Å²) in [6.45, 7) is 0.183. The van der Waals surface area contributed by atoms with Crippen molar-refractivity contribution in [3.05, 3.63) is 56.9 Å². The van der Waals surface area contributed by atoms with Crippen LogP contribution in [0.25, 0.3) is 0 Å². The number of hydrogen-bond acceptors (Lipinski definition) is 5. The molecule has 0 unspecified atom stereocenters. The van der Waals surface area contributed by atoms with E-state index in [0.29, 0.717) is 5.69 Å². The Morgan fingerprint density at radius 2 is 2.26 bits per heavy atom. The predicted octanol–water partition coefficient (Wildman–Crippen LogP) is 2.17. The normalized spacial score (nSPS) is 10.2. The number of benzene rings is 1. The smallest absolute Gasteiger partial charge is 0.270 e. The van der Waals surface area contributed by atoms with Crippen molar-refractivity contribution in [2.24, 2.45) is 0 Å². The molecule has 0 atom stereocenters. The van der Waals surface area contributed by atoms with Gasteiger partial charge in [0.25, 0.3) is 11.6 Å². The first kappa shape index (κ1) is 13.0. The van der Waals surface area contributed by atoms with Crippen LogP contribution in [0, 0.1) is 10.1 Å². The predicted molar refractivity (Wildman–Crippen MR) is 65.8 cm³/mol. The number of amides is 1. The Hall–Kier alpha value is -2.41. The number of nitro groups is 1. The topological polar surface area (TPSA) is 98.3 Å². The quantitative estimate of drug-likeness (QED) is 0.684. The maximum Gasteiger partial charge on any atom is 0.270 e. The molecule has 0 saturated heterocycles. The zero-order chi connectivity index (χ0) is 13.8. The molecule has 1 aromatic carbocycles. The Labute approximate surface area is 112 Å². The number of aromatic nitrogens is 1. The fourth-order valence-corrected chi connectivity index (χ4v) is 1.66. The van der Waals surface area contributed by atoms with Crippen LogP contribution in [0.4, 0.5) is 5.69 Å². The van der Waals surface area contributed by atoms with Crippen LogP contribution in [-0.2, 0) is 6.54 Å². The van der Waals surface area contributed by atoms with E-state index in [0.717, 1.165) is 6.07 Å². The lowest BCUT2D eigenvalue weighted by atomic mass is 10.2. The second kappa shape index (κ2) is 5.49. The third-order valence-corrected chi connectivity index (χ3v) is 2.64. The van der Waals surface area contributed by atoms with E-state index < -0.39 is 10.8 Å². The number of nitrogens with one attached hydrogen (secondary N) is 1. The minimum atomic E-state index is -0.580. The fraction of sp³-hybridized carbons (Fsp3) is 0.0909. The third kappa shape index (κ3) is 3.08. The number of nitrogens with zero attached hydrogens (tertiary/aromatic N) is 2. The molecule has 0 spiro atoms. The minimum Gasteiger partial charge on any atom is -0.364 e. The summed E-state index contributed by atoms with van der Waals surface area (Å²) >= 11 is 5.83. The lowest BCUT2D eigenvalue weighted by Crippen LogP contribution is -2.23. The lowest BCUT2D eigenvalue weighted by molar-refractivity contribution is -0.384. The van der Waals surface area contributed by atoms with Crippen molar-refractivity contribution >= 4 is 23.2 Å². The molecule has 1 aromatic heterocycles. The van der Waals surface area contributed by atoms with Crippen LogP contribution >= 0.6 is 11.6 Å². The van der Waals surface area contributed by atoms with Gasteiger partial charge in [0.15, 0.2) is 0 Å². The Bertz CT molecular complexity index is 612. The van der Waals surface area contributed by atoms with Crippen LogP contribution < -0.4 is 5.32 Å². The van der Waals surface area contributed by atoms with Gasteiger partial charge in [0, 0.05) is 18.2 Å². The summed E-state index contributed by atoms with van der Waals surface area (Å²) in [5.41, 5.74) is 0.556. The second-order valence-electron chi connectivity index (χ2n) is 3.59. The fourth-order valence-electron chi connectivity index (χ4n) is 1.40. The maximum atomic E-state index is 11.8. The number of carbonyl (C=O) groups is 1. The highest BCUT2D eigenvalue weighted by atomic mass is 35.5. The van der Waals surface area contributed by atoms with Crippen LogP contribution in [0.3, 0.4) is 0 Å². The molecule has 19 heavy (non-hydrogen) atoms. The molecular formula is C11H8ClN3O4. The van der Waals surface area contributed by atoms with Gasteiger partial charge < -0.3 is 9.84 Å². The molecule has 0 radical (unpaired) electrons. The zero-order valence-corrected chi connectivity index (χ0v) is 10.3. The number of halogens is 1. The molecule has 0 aliphatic rings. The third-order valence-electron chi connectivity index (χ3n) is 2.33. The van der Waals surface area contributed by atoms with Crippen LogP contribution in [0.2, 0.25) is 5.02 Å². The summed E-state index contributed by atoms with van der Waals surface area (Å²) in [6.07, 6.45) is 1.39. The largest absolute Gasteiger partial charge is 0.364 e. The first-order valence-corrected chi connectivity index (χ1v) is 5.57. The van der Waals surface area contributed by atoms with Crippen molar-refractivity contribution in [3.63, 3.8) is 0 Å². The zero-order valence-electron chi connectivity index (χ0n) is 9.50. The van der Waals surface area contributed by atoms with Crippen molar-refractivity contribution in [1.29, 1.82) is 0 Å². The summed E-state index contributed by atoms with van der Waals surface area (Å²) in [6, 6.07) is 5.26. The molecule has 8 heteroatoms. The first-order valence-electron chi connectivity index (χ1n) is 5.19. The molecule has 0 bridgehead atoms. The molecule has 0 aliphatic heterocycles. The molecule has 0 fully saturated rings. The molecule has 7 nitrogen and oxygen atoms in total. The van der Waals surface area contributed by atoms with Crippen LogP contribution in [0.15, 0.2) is 35.1 Å². The Morgan fingerprint density at radius 3 is 2.84 bits per heavy atom. The molecule has 1 amide bonds. The van der Waals surface area contributed by atoms with Crippen molar-refractivity contribution < 1.29 is 14.2 Å². The van der Waals surface area contributed by atoms with Crippen molar-refractivity contribution in [2.45, 2.75) is 6.54 Å². The average Bonchev–Trinajstić information content (AvgIpc) is 2.88. The lowest BCUT2D eigenvalue weighted by Gasteiger charge is -2.04. The van der Waals surface area contributed by atoms with Crippen molar-refractivity contribution in [1.82, 2.24) is 10.5 Å². The second-order valence-corrected chi connectivity index (χ2v) is 4.00. The van der Waals surface area contributed by atoms with Crippen LogP contribution in [0.5, 0.6) is 0 Å². The van der Waals surface area contributed by atoms with E-state index in [9.17, 15) is 14.9 Å². The molecule has 1 heterocycles. The average molecular weight is 282 g/mol. The molecular weight excluding hydrogens is 274 g/mol. The number of hydrogen-bond donors (Lipinski definition) is 1. The van der Waals surface area contributed by atoms with Gasteiger partial charge in [-0.15, -0.1) is 0 Å². The highest BCUT2D eigenvalue weighted by Crippen LogP contribution is 2.22. The highest BCUT2D eigenvalue weighted by molar-refractivity contribution is 6.34. The van der Waals surface area contributed by atoms with Gasteiger partial charge >= 0.3 is 0 Å². The van der Waals surface area contributed by atoms with E-state index >= 15 is 0 Å². The SMILES string of the molecule is O=C(NCc1ccon1)c1ccc([N+](=O)[O-])cc1Cl. The molecule has 1 N–H and O–H groups in total. The molecule has 98 valence electrons. The van der Waals surface area contributed by atoms with E-state index in [1.165, 1.54) is 18.4 Å². The van der Waals surface area contributed by atoms with Crippen molar-refractivity contribution in [2.75, 3.05) is 0 Å². The number of carbonyl (C=O) groups excluding carboxylic acids is 1. The number of non-ortho nitro benzene ring substituents is 1. The summed E-state index contributed by atoms with van der Waals surface area (Å²) in [4.78, 5) is 21.8. The van der Waals surface area contributed by atoms with Gasteiger partial charge in [-0.25, -0.2) is 0 Å². The summed E-state index contributed by atoms with van der Waals surface area (Å²) in [5, 5.41) is 16.8. The molecule has 2 aromatic rings. The van der Waals surface area contributed by atoms with E-state index in [4.69, 9.17) is 11.6 Å². The van der Waals surface area contributed by atoms with E-state index in [2.05, 4.69) is 15.0 Å². The molecule has 0 saturated carbocycles. The van der Waals surface area contributed by atoms with Gasteiger partial charge in [-0.05, 0) is 6.07 Å². The Kier molecular flexibility index (Phi) is 3.76. The first-order chi connectivity index (χ1) is 9.08. The molecule has 0 aliphatic carbocycles. The van der Waals surface area contributed by atoms with Crippen LogP contribution in [0.1, 0.15) is 16.1 Å². The summed E-state index contributed by atoms with van der Waals surface area (Å²) < 4.78 is 4.62. The van der Waals surface area contributed by atoms with Crippen LogP contribution in [-0.4, -0.2) is 16.0 Å². The maximum absolute atomic E-state index is 11.8. The van der Waals surface area contributed by atoms with Gasteiger partial charge in [-0.3, -0.25) is 14.9 Å². The number of nitro benzene ring substituents is 1. The Balaban J connectivity index is 2.09. The van der Waals surface area contributed by atoms with Gasteiger partial charge in [0.1, 0.15) is 12.0 Å². The van der Waals surface area contributed by atoms with Gasteiger partial charge in [0.05, 0.1) is 22.1 Å². The van der Waals surface area contributed by atoms with E-state index in [1.54, 1.807) is 6.07 Å². The highest BCUT2D eigenvalue weighted by Gasteiger charge is 2.14. The van der Waals surface area contributed by atoms with E-state index in [-0.39, 0.29) is 22.8 Å².